The van der Waals surface area contributed by atoms with Crippen LogP contribution in [0, 0.1) is 0 Å². The molecule has 3 heteroatoms. The first-order valence-corrected chi connectivity index (χ1v) is 5.36. The molecule has 0 aromatic heterocycles. The Bertz CT molecular complexity index is 130. The van der Waals surface area contributed by atoms with Crippen LogP contribution in [0.2, 0.25) is 0 Å². The van der Waals surface area contributed by atoms with Gasteiger partial charge in [0.05, 0.1) is 6.61 Å². The lowest BCUT2D eigenvalue weighted by molar-refractivity contribution is 0.0935. The molecule has 1 atom stereocenters. The van der Waals surface area contributed by atoms with Crippen molar-refractivity contribution in [3.05, 3.63) is 0 Å². The third-order valence-electron chi connectivity index (χ3n) is 2.35. The highest BCUT2D eigenvalue weighted by atomic mass is 16.5. The number of ether oxygens (including phenoxy) is 1. The van der Waals surface area contributed by atoms with E-state index in [-0.39, 0.29) is 0 Å². The molecule has 1 rings (SSSR count). The zero-order chi connectivity index (χ0) is 9.52. The molecule has 1 N–H and O–H groups in total. The Morgan fingerprint density at radius 3 is 3.00 bits per heavy atom. The second-order valence-corrected chi connectivity index (χ2v) is 3.77. The zero-order valence-corrected chi connectivity index (χ0v) is 8.88. The fourth-order valence-corrected chi connectivity index (χ4v) is 1.66. The summed E-state index contributed by atoms with van der Waals surface area (Å²) in [5.74, 6) is 0. The molecule has 1 aliphatic rings. The molecule has 1 saturated heterocycles. The van der Waals surface area contributed by atoms with Crippen LogP contribution in [0.4, 0.5) is 0 Å². The Kier molecular flexibility index (Phi) is 5.35. The molecule has 13 heavy (non-hydrogen) atoms. The average molecular weight is 186 g/mol. The topological polar surface area (TPSA) is 24.5 Å². The first-order valence-electron chi connectivity index (χ1n) is 5.36. The van der Waals surface area contributed by atoms with Crippen molar-refractivity contribution in [3.8, 4) is 0 Å². The minimum absolute atomic E-state index is 0.639. The average Bonchev–Trinajstić information content (AvgIpc) is 2.13. The van der Waals surface area contributed by atoms with E-state index in [2.05, 4.69) is 24.1 Å². The van der Waals surface area contributed by atoms with Gasteiger partial charge in [-0.3, -0.25) is 4.90 Å². The highest BCUT2D eigenvalue weighted by molar-refractivity contribution is 4.74. The summed E-state index contributed by atoms with van der Waals surface area (Å²) >= 11 is 0. The molecule has 0 aromatic rings. The van der Waals surface area contributed by atoms with E-state index >= 15 is 0 Å². The van der Waals surface area contributed by atoms with E-state index in [1.54, 1.807) is 0 Å². The van der Waals surface area contributed by atoms with Crippen molar-refractivity contribution in [2.75, 3.05) is 39.4 Å². The molecule has 0 aromatic carbocycles. The van der Waals surface area contributed by atoms with E-state index < -0.39 is 0 Å². The molecule has 0 spiro atoms. The van der Waals surface area contributed by atoms with Crippen LogP contribution < -0.4 is 5.32 Å². The standard InChI is InChI=1S/C10H22N2O/c1-3-7-13-8-6-12-5-4-11-10(2)9-12/h10-11H,3-9H2,1-2H3/t10-/m1/s1. The highest BCUT2D eigenvalue weighted by Crippen LogP contribution is 1.97. The first kappa shape index (κ1) is 11.0. The van der Waals surface area contributed by atoms with E-state index in [1.165, 1.54) is 6.54 Å². The van der Waals surface area contributed by atoms with E-state index in [0.29, 0.717) is 6.04 Å². The summed E-state index contributed by atoms with van der Waals surface area (Å²) < 4.78 is 5.46. The maximum Gasteiger partial charge on any atom is 0.0593 e. The quantitative estimate of drug-likeness (QED) is 0.640. The van der Waals surface area contributed by atoms with Crippen LogP contribution in [0.3, 0.4) is 0 Å². The lowest BCUT2D eigenvalue weighted by atomic mass is 10.2. The largest absolute Gasteiger partial charge is 0.380 e. The van der Waals surface area contributed by atoms with Crippen LogP contribution >= 0.6 is 0 Å². The molecule has 78 valence electrons. The van der Waals surface area contributed by atoms with Crippen LogP contribution in [0.25, 0.3) is 0 Å². The normalized spacial score (nSPS) is 24.9. The van der Waals surface area contributed by atoms with Gasteiger partial charge in [0.2, 0.25) is 0 Å². The fraction of sp³-hybridized carbons (Fsp3) is 1.00. The summed E-state index contributed by atoms with van der Waals surface area (Å²) in [5.41, 5.74) is 0. The van der Waals surface area contributed by atoms with Gasteiger partial charge in [-0.1, -0.05) is 6.92 Å². The van der Waals surface area contributed by atoms with Crippen molar-refractivity contribution in [3.63, 3.8) is 0 Å². The van der Waals surface area contributed by atoms with Crippen molar-refractivity contribution >= 4 is 0 Å². The number of hydrogen-bond acceptors (Lipinski definition) is 3. The molecule has 0 saturated carbocycles. The fourth-order valence-electron chi connectivity index (χ4n) is 1.66. The summed E-state index contributed by atoms with van der Waals surface area (Å²) in [4.78, 5) is 2.47. The van der Waals surface area contributed by atoms with Crippen LogP contribution in [-0.4, -0.2) is 50.3 Å². The molecule has 1 aliphatic heterocycles. The van der Waals surface area contributed by atoms with Crippen molar-refractivity contribution in [2.24, 2.45) is 0 Å². The smallest absolute Gasteiger partial charge is 0.0593 e. The van der Waals surface area contributed by atoms with Crippen LogP contribution in [0.1, 0.15) is 20.3 Å². The number of nitrogens with one attached hydrogen (secondary N) is 1. The maximum atomic E-state index is 5.46. The van der Waals surface area contributed by atoms with Gasteiger partial charge in [-0.25, -0.2) is 0 Å². The van der Waals surface area contributed by atoms with Gasteiger partial charge in [0.25, 0.3) is 0 Å². The Morgan fingerprint density at radius 2 is 2.31 bits per heavy atom. The van der Waals surface area contributed by atoms with Crippen LogP contribution in [0.5, 0.6) is 0 Å². The second-order valence-electron chi connectivity index (χ2n) is 3.77. The lowest BCUT2D eigenvalue weighted by Crippen LogP contribution is -2.49. The molecule has 0 amide bonds. The molecule has 3 nitrogen and oxygen atoms in total. The minimum Gasteiger partial charge on any atom is -0.380 e. The van der Waals surface area contributed by atoms with Gasteiger partial charge in [-0.05, 0) is 13.3 Å². The van der Waals surface area contributed by atoms with Crippen molar-refractivity contribution in [1.29, 1.82) is 0 Å². The minimum atomic E-state index is 0.639. The predicted octanol–water partition coefficient (Wildman–Crippen LogP) is 0.707. The van der Waals surface area contributed by atoms with Gasteiger partial charge in [-0.2, -0.15) is 0 Å². The number of rotatable bonds is 5. The van der Waals surface area contributed by atoms with E-state index in [4.69, 9.17) is 4.74 Å². The summed E-state index contributed by atoms with van der Waals surface area (Å²) in [6, 6.07) is 0.639. The monoisotopic (exact) mass is 186 g/mol. The van der Waals surface area contributed by atoms with Crippen molar-refractivity contribution in [1.82, 2.24) is 10.2 Å². The van der Waals surface area contributed by atoms with Gasteiger partial charge >= 0.3 is 0 Å². The van der Waals surface area contributed by atoms with E-state index in [9.17, 15) is 0 Å². The Labute approximate surface area is 81.4 Å². The van der Waals surface area contributed by atoms with Crippen LogP contribution in [-0.2, 0) is 4.74 Å². The summed E-state index contributed by atoms with van der Waals surface area (Å²) in [7, 11) is 0. The second kappa shape index (κ2) is 6.35. The first-order chi connectivity index (χ1) is 6.33. The molecule has 0 unspecified atom stereocenters. The summed E-state index contributed by atoms with van der Waals surface area (Å²) in [6.45, 7) is 10.7. The summed E-state index contributed by atoms with van der Waals surface area (Å²) in [5, 5.41) is 3.43. The van der Waals surface area contributed by atoms with Gasteiger partial charge in [0.15, 0.2) is 0 Å². The van der Waals surface area contributed by atoms with E-state index in [1.807, 2.05) is 0 Å². The van der Waals surface area contributed by atoms with E-state index in [0.717, 1.165) is 39.3 Å². The number of nitrogens with zero attached hydrogens (tertiary/aromatic N) is 1. The van der Waals surface area contributed by atoms with Gasteiger partial charge in [0, 0.05) is 38.8 Å². The molecule has 1 fully saturated rings. The third-order valence-corrected chi connectivity index (χ3v) is 2.35. The van der Waals surface area contributed by atoms with Crippen LogP contribution in [0.15, 0.2) is 0 Å². The van der Waals surface area contributed by atoms with Gasteiger partial charge in [-0.15, -0.1) is 0 Å². The van der Waals surface area contributed by atoms with Crippen molar-refractivity contribution in [2.45, 2.75) is 26.3 Å². The SMILES string of the molecule is CCCOCCN1CCN[C@H](C)C1. The Balaban J connectivity index is 2.00. The van der Waals surface area contributed by atoms with Gasteiger partial charge in [0.1, 0.15) is 0 Å². The molecule has 0 aliphatic carbocycles. The predicted molar refractivity (Wildman–Crippen MR) is 55.0 cm³/mol. The lowest BCUT2D eigenvalue weighted by Gasteiger charge is -2.31. The Hall–Kier alpha value is -0.120. The maximum absolute atomic E-state index is 5.46. The summed E-state index contributed by atoms with van der Waals surface area (Å²) in [6.07, 6.45) is 1.12. The highest BCUT2D eigenvalue weighted by Gasteiger charge is 2.14. The van der Waals surface area contributed by atoms with Gasteiger partial charge < -0.3 is 10.1 Å². The molecule has 0 bridgehead atoms. The van der Waals surface area contributed by atoms with Crippen molar-refractivity contribution < 1.29 is 4.74 Å². The Morgan fingerprint density at radius 1 is 1.46 bits per heavy atom. The molecular formula is C10H22N2O. The molecule has 1 heterocycles. The number of piperazine rings is 1. The third kappa shape index (κ3) is 4.60. The molecular weight excluding hydrogens is 164 g/mol. The molecule has 0 radical (unpaired) electrons. The zero-order valence-electron chi connectivity index (χ0n) is 8.88. The number of hydrogen-bond donors (Lipinski definition) is 1.